The van der Waals surface area contributed by atoms with E-state index in [1.54, 1.807) is 0 Å². The number of hydrogen-bond acceptors (Lipinski definition) is 2. The summed E-state index contributed by atoms with van der Waals surface area (Å²) in [6.45, 7) is 8.75. The highest BCUT2D eigenvalue weighted by Crippen LogP contribution is 2.25. The lowest BCUT2D eigenvalue weighted by Gasteiger charge is -2.05. The molecule has 0 amide bonds. The van der Waals surface area contributed by atoms with Gasteiger partial charge < -0.3 is 9.73 Å². The number of fused-ring (bicyclic) bond motifs is 1. The Balaban J connectivity index is 2.15. The molecule has 0 radical (unpaired) electrons. The Kier molecular flexibility index (Phi) is 4.43. The number of furan rings is 1. The van der Waals surface area contributed by atoms with Crippen LogP contribution in [0, 0.1) is 0 Å². The molecule has 1 heterocycles. The second-order valence-corrected chi connectivity index (χ2v) is 5.17. The van der Waals surface area contributed by atoms with E-state index in [0.717, 1.165) is 25.1 Å². The van der Waals surface area contributed by atoms with Gasteiger partial charge in [0.25, 0.3) is 0 Å². The second kappa shape index (κ2) is 6.05. The van der Waals surface area contributed by atoms with E-state index in [2.05, 4.69) is 44.3 Å². The Morgan fingerprint density at radius 3 is 2.78 bits per heavy atom. The smallest absolute Gasteiger partial charge is 0.134 e. The zero-order valence-corrected chi connectivity index (χ0v) is 11.6. The Labute approximate surface area is 109 Å². The molecule has 1 N–H and O–H groups in total. The zero-order chi connectivity index (χ0) is 13.0. The van der Waals surface area contributed by atoms with Crippen molar-refractivity contribution in [3.05, 3.63) is 35.6 Å². The van der Waals surface area contributed by atoms with E-state index < -0.39 is 0 Å². The van der Waals surface area contributed by atoms with Gasteiger partial charge in [0.05, 0.1) is 6.26 Å². The molecule has 1 aromatic carbocycles. The Morgan fingerprint density at radius 2 is 2.06 bits per heavy atom. The Morgan fingerprint density at radius 1 is 1.22 bits per heavy atom. The van der Waals surface area contributed by atoms with Crippen molar-refractivity contribution in [2.24, 2.45) is 0 Å². The molecule has 2 aromatic rings. The van der Waals surface area contributed by atoms with E-state index in [0.29, 0.717) is 5.92 Å². The van der Waals surface area contributed by atoms with Crippen molar-refractivity contribution in [2.75, 3.05) is 13.1 Å². The SMILES string of the molecule is CCCNCCc1coc2ccc(C(C)C)cc12. The van der Waals surface area contributed by atoms with Gasteiger partial charge in [0, 0.05) is 5.39 Å². The molecule has 2 nitrogen and oxygen atoms in total. The maximum atomic E-state index is 5.61. The van der Waals surface area contributed by atoms with E-state index >= 15 is 0 Å². The first-order chi connectivity index (χ1) is 8.72. The molecule has 0 saturated carbocycles. The lowest BCUT2D eigenvalue weighted by Crippen LogP contribution is -2.17. The molecule has 0 saturated heterocycles. The van der Waals surface area contributed by atoms with Crippen molar-refractivity contribution >= 4 is 11.0 Å². The molecule has 0 aliphatic heterocycles. The predicted octanol–water partition coefficient (Wildman–Crippen LogP) is 4.10. The molecule has 2 rings (SSSR count). The van der Waals surface area contributed by atoms with E-state index in [-0.39, 0.29) is 0 Å². The number of rotatable bonds is 6. The third-order valence-electron chi connectivity index (χ3n) is 3.34. The Bertz CT molecular complexity index is 499. The highest BCUT2D eigenvalue weighted by Gasteiger charge is 2.08. The van der Waals surface area contributed by atoms with Gasteiger partial charge in [-0.1, -0.05) is 26.8 Å². The predicted molar refractivity (Wildman–Crippen MR) is 77.2 cm³/mol. The molecule has 2 heteroatoms. The van der Waals surface area contributed by atoms with Gasteiger partial charge >= 0.3 is 0 Å². The first-order valence-electron chi connectivity index (χ1n) is 6.93. The molecule has 0 unspecified atom stereocenters. The summed E-state index contributed by atoms with van der Waals surface area (Å²) in [7, 11) is 0. The van der Waals surface area contributed by atoms with Crippen LogP contribution in [0.2, 0.25) is 0 Å². The van der Waals surface area contributed by atoms with Gasteiger partial charge in [0.15, 0.2) is 0 Å². The van der Waals surface area contributed by atoms with Gasteiger partial charge in [0.2, 0.25) is 0 Å². The van der Waals surface area contributed by atoms with Gasteiger partial charge in [-0.15, -0.1) is 0 Å². The maximum absolute atomic E-state index is 5.61. The van der Waals surface area contributed by atoms with Gasteiger partial charge in [-0.25, -0.2) is 0 Å². The average Bonchev–Trinajstić information content (AvgIpc) is 2.77. The third kappa shape index (κ3) is 2.94. The molecule has 98 valence electrons. The quantitative estimate of drug-likeness (QED) is 0.775. The fourth-order valence-electron chi connectivity index (χ4n) is 2.18. The Hall–Kier alpha value is -1.28. The summed E-state index contributed by atoms with van der Waals surface area (Å²) in [5.41, 5.74) is 3.70. The molecule has 0 fully saturated rings. The lowest BCUT2D eigenvalue weighted by atomic mass is 10.00. The monoisotopic (exact) mass is 245 g/mol. The average molecular weight is 245 g/mol. The van der Waals surface area contributed by atoms with E-state index in [4.69, 9.17) is 4.42 Å². The van der Waals surface area contributed by atoms with Gasteiger partial charge in [0.1, 0.15) is 5.58 Å². The third-order valence-corrected chi connectivity index (χ3v) is 3.34. The highest BCUT2D eigenvalue weighted by molar-refractivity contribution is 5.81. The molecular weight excluding hydrogens is 222 g/mol. The summed E-state index contributed by atoms with van der Waals surface area (Å²) in [5, 5.41) is 4.71. The number of benzene rings is 1. The minimum atomic E-state index is 0.565. The summed E-state index contributed by atoms with van der Waals surface area (Å²) in [5.74, 6) is 0.565. The molecule has 0 bridgehead atoms. The van der Waals surface area contributed by atoms with Crippen LogP contribution in [0.25, 0.3) is 11.0 Å². The standard InChI is InChI=1S/C16H23NO/c1-4-8-17-9-7-14-11-18-16-6-5-13(12(2)3)10-15(14)16/h5-6,10-12,17H,4,7-9H2,1-3H3. The van der Waals surface area contributed by atoms with E-state index in [9.17, 15) is 0 Å². The van der Waals surface area contributed by atoms with Crippen LogP contribution >= 0.6 is 0 Å². The first kappa shape index (κ1) is 13.2. The van der Waals surface area contributed by atoms with Crippen LogP contribution in [0.15, 0.2) is 28.9 Å². The normalized spacial score (nSPS) is 11.6. The van der Waals surface area contributed by atoms with Gasteiger partial charge in [-0.3, -0.25) is 0 Å². The molecule has 18 heavy (non-hydrogen) atoms. The van der Waals surface area contributed by atoms with Crippen LogP contribution in [0.3, 0.4) is 0 Å². The van der Waals surface area contributed by atoms with Crippen molar-refractivity contribution < 1.29 is 4.42 Å². The summed E-state index contributed by atoms with van der Waals surface area (Å²) in [4.78, 5) is 0. The summed E-state index contributed by atoms with van der Waals surface area (Å²) >= 11 is 0. The molecular formula is C16H23NO. The van der Waals surface area contributed by atoms with Crippen molar-refractivity contribution in [2.45, 2.75) is 39.5 Å². The second-order valence-electron chi connectivity index (χ2n) is 5.17. The molecule has 0 aliphatic rings. The van der Waals surface area contributed by atoms with Crippen molar-refractivity contribution in [1.82, 2.24) is 5.32 Å². The largest absolute Gasteiger partial charge is 0.464 e. The van der Waals surface area contributed by atoms with Crippen LogP contribution in [-0.4, -0.2) is 13.1 Å². The van der Waals surface area contributed by atoms with Crippen LogP contribution in [-0.2, 0) is 6.42 Å². The first-order valence-corrected chi connectivity index (χ1v) is 6.93. The fourth-order valence-corrected chi connectivity index (χ4v) is 2.18. The summed E-state index contributed by atoms with van der Waals surface area (Å²) in [6.07, 6.45) is 4.13. The number of hydrogen-bond donors (Lipinski definition) is 1. The van der Waals surface area contributed by atoms with Crippen LogP contribution in [0.1, 0.15) is 44.2 Å². The van der Waals surface area contributed by atoms with Crippen molar-refractivity contribution in [1.29, 1.82) is 0 Å². The fraction of sp³-hybridized carbons (Fsp3) is 0.500. The van der Waals surface area contributed by atoms with Crippen LogP contribution in [0.5, 0.6) is 0 Å². The number of nitrogens with one attached hydrogen (secondary N) is 1. The van der Waals surface area contributed by atoms with Crippen LogP contribution < -0.4 is 5.32 Å². The molecule has 0 aliphatic carbocycles. The molecule has 0 atom stereocenters. The summed E-state index contributed by atoms with van der Waals surface area (Å²) < 4.78 is 5.61. The van der Waals surface area contributed by atoms with E-state index in [1.165, 1.54) is 22.9 Å². The zero-order valence-electron chi connectivity index (χ0n) is 11.6. The highest BCUT2D eigenvalue weighted by atomic mass is 16.3. The lowest BCUT2D eigenvalue weighted by molar-refractivity contribution is 0.605. The van der Waals surface area contributed by atoms with Gasteiger partial charge in [-0.2, -0.15) is 0 Å². The topological polar surface area (TPSA) is 25.2 Å². The minimum Gasteiger partial charge on any atom is -0.464 e. The van der Waals surface area contributed by atoms with E-state index in [1.807, 2.05) is 6.26 Å². The van der Waals surface area contributed by atoms with Crippen LogP contribution in [0.4, 0.5) is 0 Å². The van der Waals surface area contributed by atoms with Crippen molar-refractivity contribution in [3.63, 3.8) is 0 Å². The van der Waals surface area contributed by atoms with Crippen molar-refractivity contribution in [3.8, 4) is 0 Å². The van der Waals surface area contributed by atoms with Gasteiger partial charge in [-0.05, 0) is 55.1 Å². The minimum absolute atomic E-state index is 0.565. The maximum Gasteiger partial charge on any atom is 0.134 e. The summed E-state index contributed by atoms with van der Waals surface area (Å²) in [6, 6.07) is 6.53. The molecule has 1 aromatic heterocycles. The molecule has 0 spiro atoms.